The Morgan fingerprint density at radius 2 is 2.00 bits per heavy atom. The number of hydrogen-bond acceptors (Lipinski definition) is 5. The zero-order chi connectivity index (χ0) is 14.5. The Kier molecular flexibility index (Phi) is 4.72. The summed E-state index contributed by atoms with van der Waals surface area (Å²) in [5.41, 5.74) is 0.958. The molecule has 0 bridgehead atoms. The lowest BCUT2D eigenvalue weighted by Gasteiger charge is -2.07. The van der Waals surface area contributed by atoms with Crippen LogP contribution in [0.5, 0.6) is 11.5 Å². The zero-order valence-electron chi connectivity index (χ0n) is 12.1. The fourth-order valence-electron chi connectivity index (χ4n) is 2.27. The van der Waals surface area contributed by atoms with Crippen LogP contribution in [0, 0.1) is 0 Å². The van der Waals surface area contributed by atoms with E-state index in [2.05, 4.69) is 4.98 Å². The summed E-state index contributed by atoms with van der Waals surface area (Å²) in [6.07, 6.45) is 2.39. The smallest absolute Gasteiger partial charge is 0.131 e. The summed E-state index contributed by atoms with van der Waals surface area (Å²) in [6, 6.07) is 7.66. The molecule has 0 radical (unpaired) electrons. The maximum absolute atomic E-state index is 5.75. The first-order valence-corrected chi connectivity index (χ1v) is 8.14. The highest BCUT2D eigenvalue weighted by Crippen LogP contribution is 2.30. The second-order valence-corrected chi connectivity index (χ2v) is 5.76. The summed E-state index contributed by atoms with van der Waals surface area (Å²) in [5.74, 6) is 1.68. The largest absolute Gasteiger partial charge is 0.494 e. The Bertz CT molecular complexity index is 561. The van der Waals surface area contributed by atoms with Crippen LogP contribution in [-0.4, -0.2) is 18.2 Å². The van der Waals surface area contributed by atoms with Crippen LogP contribution in [0.15, 0.2) is 29.6 Å². The lowest BCUT2D eigenvalue weighted by molar-refractivity contribution is 0.111. The SMILES string of the molecule is CCOc1ccc(OCc2csc(C3CCCO3)n2)cc1. The van der Waals surface area contributed by atoms with E-state index in [0.717, 1.165) is 41.6 Å². The Hall–Kier alpha value is -1.59. The van der Waals surface area contributed by atoms with Crippen LogP contribution in [0.2, 0.25) is 0 Å². The van der Waals surface area contributed by atoms with Crippen LogP contribution in [-0.2, 0) is 11.3 Å². The lowest BCUT2D eigenvalue weighted by Crippen LogP contribution is -1.99. The van der Waals surface area contributed by atoms with E-state index in [1.54, 1.807) is 11.3 Å². The van der Waals surface area contributed by atoms with Crippen molar-refractivity contribution >= 4 is 11.3 Å². The van der Waals surface area contributed by atoms with Crippen molar-refractivity contribution in [2.24, 2.45) is 0 Å². The molecule has 1 fully saturated rings. The van der Waals surface area contributed by atoms with Crippen LogP contribution >= 0.6 is 11.3 Å². The van der Waals surface area contributed by atoms with E-state index in [1.165, 1.54) is 0 Å². The minimum Gasteiger partial charge on any atom is -0.494 e. The van der Waals surface area contributed by atoms with Crippen molar-refractivity contribution in [1.29, 1.82) is 0 Å². The van der Waals surface area contributed by atoms with Gasteiger partial charge in [0.15, 0.2) is 0 Å². The van der Waals surface area contributed by atoms with Crippen LogP contribution < -0.4 is 9.47 Å². The van der Waals surface area contributed by atoms with E-state index >= 15 is 0 Å². The minimum atomic E-state index is 0.189. The van der Waals surface area contributed by atoms with Crippen molar-refractivity contribution in [2.75, 3.05) is 13.2 Å². The third-order valence-electron chi connectivity index (χ3n) is 3.30. The summed E-state index contributed by atoms with van der Waals surface area (Å²) in [5, 5.41) is 3.11. The second-order valence-electron chi connectivity index (χ2n) is 4.87. The Labute approximate surface area is 128 Å². The highest BCUT2D eigenvalue weighted by molar-refractivity contribution is 7.09. The molecule has 2 aromatic rings. The molecule has 0 amide bonds. The molecular formula is C16H19NO3S. The van der Waals surface area contributed by atoms with Crippen molar-refractivity contribution in [3.8, 4) is 11.5 Å². The topological polar surface area (TPSA) is 40.6 Å². The van der Waals surface area contributed by atoms with E-state index in [-0.39, 0.29) is 6.10 Å². The van der Waals surface area contributed by atoms with Crippen LogP contribution in [0.3, 0.4) is 0 Å². The first-order chi connectivity index (χ1) is 10.3. The Morgan fingerprint density at radius 1 is 1.24 bits per heavy atom. The third kappa shape index (κ3) is 3.74. The fourth-order valence-corrected chi connectivity index (χ4v) is 3.15. The molecule has 1 unspecified atom stereocenters. The summed E-state index contributed by atoms with van der Waals surface area (Å²) in [4.78, 5) is 4.60. The highest BCUT2D eigenvalue weighted by atomic mass is 32.1. The molecule has 1 saturated heterocycles. The van der Waals surface area contributed by atoms with Gasteiger partial charge in [-0.25, -0.2) is 4.98 Å². The molecule has 4 nitrogen and oxygen atoms in total. The van der Waals surface area contributed by atoms with E-state index in [0.29, 0.717) is 13.2 Å². The quantitative estimate of drug-likeness (QED) is 0.809. The molecule has 1 aromatic heterocycles. The van der Waals surface area contributed by atoms with Gasteiger partial charge in [-0.05, 0) is 44.0 Å². The summed E-state index contributed by atoms with van der Waals surface area (Å²) >= 11 is 1.65. The minimum absolute atomic E-state index is 0.189. The van der Waals surface area contributed by atoms with Crippen molar-refractivity contribution in [3.05, 3.63) is 40.3 Å². The number of benzene rings is 1. The first-order valence-electron chi connectivity index (χ1n) is 7.26. The normalized spacial score (nSPS) is 17.9. The molecule has 1 atom stereocenters. The van der Waals surface area contributed by atoms with E-state index in [9.17, 15) is 0 Å². The lowest BCUT2D eigenvalue weighted by atomic mass is 10.2. The van der Waals surface area contributed by atoms with Crippen molar-refractivity contribution in [3.63, 3.8) is 0 Å². The van der Waals surface area contributed by atoms with Gasteiger partial charge in [0, 0.05) is 12.0 Å². The molecule has 1 aliphatic rings. The van der Waals surface area contributed by atoms with E-state index in [4.69, 9.17) is 14.2 Å². The predicted molar refractivity (Wildman–Crippen MR) is 82.0 cm³/mol. The molecule has 2 heterocycles. The van der Waals surface area contributed by atoms with Gasteiger partial charge in [-0.3, -0.25) is 0 Å². The fraction of sp³-hybridized carbons (Fsp3) is 0.438. The summed E-state index contributed by atoms with van der Waals surface area (Å²) < 4.78 is 16.8. The molecule has 0 N–H and O–H groups in total. The molecule has 0 aliphatic carbocycles. The maximum Gasteiger partial charge on any atom is 0.131 e. The summed E-state index contributed by atoms with van der Waals surface area (Å²) in [7, 11) is 0. The zero-order valence-corrected chi connectivity index (χ0v) is 12.9. The molecule has 5 heteroatoms. The molecule has 21 heavy (non-hydrogen) atoms. The molecule has 0 spiro atoms. The number of rotatable bonds is 6. The van der Waals surface area contributed by atoms with Gasteiger partial charge >= 0.3 is 0 Å². The third-order valence-corrected chi connectivity index (χ3v) is 4.28. The molecule has 1 aliphatic heterocycles. The number of ether oxygens (including phenoxy) is 3. The Morgan fingerprint density at radius 3 is 2.67 bits per heavy atom. The molecule has 1 aromatic carbocycles. The number of hydrogen-bond donors (Lipinski definition) is 0. The predicted octanol–water partition coefficient (Wildman–Crippen LogP) is 3.97. The van der Waals surface area contributed by atoms with Gasteiger partial charge in [0.05, 0.1) is 12.3 Å². The van der Waals surface area contributed by atoms with Gasteiger partial charge in [0.1, 0.15) is 29.2 Å². The van der Waals surface area contributed by atoms with E-state index < -0.39 is 0 Å². The maximum atomic E-state index is 5.75. The number of nitrogens with zero attached hydrogens (tertiary/aromatic N) is 1. The van der Waals surface area contributed by atoms with Gasteiger partial charge in [-0.2, -0.15) is 0 Å². The molecule has 0 saturated carbocycles. The van der Waals surface area contributed by atoms with Crippen LogP contribution in [0.25, 0.3) is 0 Å². The monoisotopic (exact) mass is 305 g/mol. The van der Waals surface area contributed by atoms with Gasteiger partial charge in [-0.15, -0.1) is 11.3 Å². The Balaban J connectivity index is 1.54. The van der Waals surface area contributed by atoms with Gasteiger partial charge in [-0.1, -0.05) is 0 Å². The van der Waals surface area contributed by atoms with Crippen LogP contribution in [0.4, 0.5) is 0 Å². The number of aromatic nitrogens is 1. The average molecular weight is 305 g/mol. The van der Waals surface area contributed by atoms with Crippen molar-refractivity contribution < 1.29 is 14.2 Å². The molecule has 112 valence electrons. The molecular weight excluding hydrogens is 286 g/mol. The van der Waals surface area contributed by atoms with Crippen molar-refractivity contribution in [1.82, 2.24) is 4.98 Å². The van der Waals surface area contributed by atoms with Crippen molar-refractivity contribution in [2.45, 2.75) is 32.5 Å². The highest BCUT2D eigenvalue weighted by Gasteiger charge is 2.20. The first kappa shape index (κ1) is 14.4. The van der Waals surface area contributed by atoms with Gasteiger partial charge in [0.2, 0.25) is 0 Å². The van der Waals surface area contributed by atoms with Crippen LogP contribution in [0.1, 0.15) is 36.6 Å². The van der Waals surface area contributed by atoms with Gasteiger partial charge in [0.25, 0.3) is 0 Å². The average Bonchev–Trinajstić information content (AvgIpc) is 3.18. The van der Waals surface area contributed by atoms with E-state index in [1.807, 2.05) is 36.6 Å². The van der Waals surface area contributed by atoms with Gasteiger partial charge < -0.3 is 14.2 Å². The summed E-state index contributed by atoms with van der Waals surface area (Å²) in [6.45, 7) is 3.98. The standard InChI is InChI=1S/C16H19NO3S/c1-2-18-13-5-7-14(8-6-13)20-10-12-11-21-16(17-12)15-4-3-9-19-15/h5-8,11,15H,2-4,9-10H2,1H3. The second kappa shape index (κ2) is 6.91. The number of thiazole rings is 1. The molecule has 3 rings (SSSR count).